The van der Waals surface area contributed by atoms with E-state index < -0.39 is 0 Å². The zero-order valence-corrected chi connectivity index (χ0v) is 15.9. The third kappa shape index (κ3) is 19.7. The summed E-state index contributed by atoms with van der Waals surface area (Å²) >= 11 is 0. The minimum Gasteiger partial charge on any atom is -0.306 e. The summed E-state index contributed by atoms with van der Waals surface area (Å²) in [5, 5.41) is 0. The normalized spacial score (nSPS) is 11.8. The Morgan fingerprint density at radius 1 is 0.545 bits per heavy atom. The van der Waals surface area contributed by atoms with Crippen LogP contribution in [0.3, 0.4) is 0 Å². The van der Waals surface area contributed by atoms with Gasteiger partial charge in [0.1, 0.15) is 0 Å². The highest BCUT2D eigenvalue weighted by Gasteiger charge is 1.93. The molecule has 0 aliphatic carbocycles. The molecule has 0 aromatic carbocycles. The fraction of sp³-hybridized carbons (Fsp3) is 0.905. The van der Waals surface area contributed by atoms with Gasteiger partial charge in [0, 0.05) is 6.54 Å². The Bertz CT molecular complexity index is 220. The number of nitrogens with zero attached hydrogens (tertiary/aromatic N) is 1. The molecule has 0 amide bonds. The molecule has 0 heterocycles. The molecule has 0 saturated heterocycles. The van der Waals surface area contributed by atoms with Gasteiger partial charge in [0.25, 0.3) is 0 Å². The lowest BCUT2D eigenvalue weighted by Gasteiger charge is -2.04. The van der Waals surface area contributed by atoms with E-state index in [4.69, 9.17) is 0 Å². The second-order valence-electron chi connectivity index (χ2n) is 7.12. The Morgan fingerprint density at radius 2 is 0.955 bits per heavy atom. The molecule has 0 bridgehead atoms. The molecule has 0 aliphatic heterocycles. The molecule has 0 fully saturated rings. The first kappa shape index (κ1) is 21.7. The summed E-state index contributed by atoms with van der Waals surface area (Å²) < 4.78 is 0. The molecular formula is C21H43N. The van der Waals surface area contributed by atoms with E-state index in [2.05, 4.69) is 38.1 Å². The first-order valence-electron chi connectivity index (χ1n) is 10.1. The van der Waals surface area contributed by atoms with Crippen molar-refractivity contribution < 1.29 is 0 Å². The summed E-state index contributed by atoms with van der Waals surface area (Å²) in [7, 11) is 4.24. The summed E-state index contributed by atoms with van der Waals surface area (Å²) in [4.78, 5) is 2.21. The number of rotatable bonds is 17. The number of hydrogen-bond acceptors (Lipinski definition) is 1. The molecule has 0 spiro atoms. The van der Waals surface area contributed by atoms with Gasteiger partial charge in [-0.2, -0.15) is 0 Å². The van der Waals surface area contributed by atoms with Crippen LogP contribution in [0.4, 0.5) is 0 Å². The lowest BCUT2D eigenvalue weighted by Crippen LogP contribution is -2.10. The van der Waals surface area contributed by atoms with Gasteiger partial charge in [0.2, 0.25) is 0 Å². The Kier molecular flexibility index (Phi) is 18.5. The molecule has 0 aromatic heterocycles. The topological polar surface area (TPSA) is 3.24 Å². The monoisotopic (exact) mass is 309 g/mol. The van der Waals surface area contributed by atoms with Gasteiger partial charge in [-0.1, -0.05) is 103 Å². The van der Waals surface area contributed by atoms with Crippen LogP contribution >= 0.6 is 0 Å². The van der Waals surface area contributed by atoms with Crippen molar-refractivity contribution in [2.24, 2.45) is 0 Å². The largest absolute Gasteiger partial charge is 0.306 e. The smallest absolute Gasteiger partial charge is 0.0157 e. The number of likely N-dealkylation sites (N-methyl/N-ethyl adjacent to an activating group) is 1. The Hall–Kier alpha value is -0.300. The summed E-state index contributed by atoms with van der Waals surface area (Å²) in [6.07, 6.45) is 26.2. The molecule has 0 N–H and O–H groups in total. The van der Waals surface area contributed by atoms with Crippen molar-refractivity contribution in [2.75, 3.05) is 20.6 Å². The van der Waals surface area contributed by atoms with Gasteiger partial charge in [-0.25, -0.2) is 0 Å². The first-order chi connectivity index (χ1) is 10.8. The average Bonchev–Trinajstić information content (AvgIpc) is 2.50. The zero-order chi connectivity index (χ0) is 16.3. The molecule has 0 atom stereocenters. The van der Waals surface area contributed by atoms with E-state index >= 15 is 0 Å². The average molecular weight is 310 g/mol. The van der Waals surface area contributed by atoms with Gasteiger partial charge in [-0.05, 0) is 26.9 Å². The van der Waals surface area contributed by atoms with Crippen molar-refractivity contribution >= 4 is 0 Å². The third-order valence-electron chi connectivity index (χ3n) is 4.36. The standard InChI is InChI=1S/C21H43N/c1-4-5-6-7-8-9-10-11-12-13-14-15-16-17-18-19-20-21-22(2)3/h19-20H,4-18,21H2,1-3H3. The molecule has 132 valence electrons. The molecule has 0 unspecified atom stereocenters. The van der Waals surface area contributed by atoms with Gasteiger partial charge >= 0.3 is 0 Å². The molecule has 0 rings (SSSR count). The van der Waals surface area contributed by atoms with Gasteiger partial charge in [-0.3, -0.25) is 0 Å². The van der Waals surface area contributed by atoms with E-state index in [0.29, 0.717) is 0 Å². The van der Waals surface area contributed by atoms with Crippen LogP contribution in [-0.2, 0) is 0 Å². The van der Waals surface area contributed by atoms with E-state index in [1.165, 1.54) is 96.3 Å². The van der Waals surface area contributed by atoms with Crippen LogP contribution in [0.25, 0.3) is 0 Å². The zero-order valence-electron chi connectivity index (χ0n) is 15.9. The maximum atomic E-state index is 2.35. The molecular weight excluding hydrogens is 266 g/mol. The molecule has 1 heteroatoms. The summed E-state index contributed by atoms with van der Waals surface area (Å²) in [6.45, 7) is 3.38. The van der Waals surface area contributed by atoms with Gasteiger partial charge in [-0.15, -0.1) is 0 Å². The number of unbranched alkanes of at least 4 members (excludes halogenated alkanes) is 14. The van der Waals surface area contributed by atoms with Gasteiger partial charge < -0.3 is 4.90 Å². The molecule has 0 aromatic rings. The van der Waals surface area contributed by atoms with E-state index in [1.807, 2.05) is 0 Å². The van der Waals surface area contributed by atoms with Crippen LogP contribution in [0.2, 0.25) is 0 Å². The Labute approximate surface area is 141 Å². The van der Waals surface area contributed by atoms with Crippen LogP contribution < -0.4 is 0 Å². The minimum atomic E-state index is 1.08. The maximum Gasteiger partial charge on any atom is 0.0157 e. The SMILES string of the molecule is CCCCCCCCCCCCCCCCC=CCN(C)C. The molecule has 1 nitrogen and oxygen atoms in total. The van der Waals surface area contributed by atoms with E-state index in [9.17, 15) is 0 Å². The van der Waals surface area contributed by atoms with Crippen molar-refractivity contribution in [2.45, 2.75) is 103 Å². The van der Waals surface area contributed by atoms with Crippen molar-refractivity contribution in [1.82, 2.24) is 4.90 Å². The summed E-state index contributed by atoms with van der Waals surface area (Å²) in [5.74, 6) is 0. The first-order valence-corrected chi connectivity index (χ1v) is 10.1. The second kappa shape index (κ2) is 18.7. The molecule has 0 saturated carbocycles. The van der Waals surface area contributed by atoms with E-state index in [1.54, 1.807) is 0 Å². The maximum absolute atomic E-state index is 2.35. The molecule has 0 aliphatic rings. The Balaban J connectivity index is 3.01. The van der Waals surface area contributed by atoms with Gasteiger partial charge in [0.05, 0.1) is 0 Å². The van der Waals surface area contributed by atoms with Crippen molar-refractivity contribution in [3.63, 3.8) is 0 Å². The van der Waals surface area contributed by atoms with Crippen LogP contribution in [-0.4, -0.2) is 25.5 Å². The minimum absolute atomic E-state index is 1.08. The van der Waals surface area contributed by atoms with Crippen LogP contribution in [0.1, 0.15) is 103 Å². The highest BCUT2D eigenvalue weighted by molar-refractivity contribution is 4.83. The fourth-order valence-electron chi connectivity index (χ4n) is 2.86. The predicted molar refractivity (Wildman–Crippen MR) is 103 cm³/mol. The highest BCUT2D eigenvalue weighted by atomic mass is 15.0. The lowest BCUT2D eigenvalue weighted by molar-refractivity contribution is 0.456. The highest BCUT2D eigenvalue weighted by Crippen LogP contribution is 2.13. The third-order valence-corrected chi connectivity index (χ3v) is 4.36. The van der Waals surface area contributed by atoms with Gasteiger partial charge in [0.15, 0.2) is 0 Å². The predicted octanol–water partition coefficient (Wildman–Crippen LogP) is 6.98. The van der Waals surface area contributed by atoms with E-state index in [0.717, 1.165) is 6.54 Å². The lowest BCUT2D eigenvalue weighted by atomic mass is 10.0. The summed E-state index contributed by atoms with van der Waals surface area (Å²) in [6, 6.07) is 0. The number of allylic oxidation sites excluding steroid dienone is 1. The Morgan fingerprint density at radius 3 is 1.36 bits per heavy atom. The number of hydrogen-bond donors (Lipinski definition) is 0. The quantitative estimate of drug-likeness (QED) is 0.207. The van der Waals surface area contributed by atoms with Crippen LogP contribution in [0.15, 0.2) is 12.2 Å². The second-order valence-corrected chi connectivity index (χ2v) is 7.12. The molecule has 0 radical (unpaired) electrons. The van der Waals surface area contributed by atoms with Crippen LogP contribution in [0.5, 0.6) is 0 Å². The molecule has 22 heavy (non-hydrogen) atoms. The van der Waals surface area contributed by atoms with E-state index in [-0.39, 0.29) is 0 Å². The van der Waals surface area contributed by atoms with Crippen LogP contribution in [0, 0.1) is 0 Å². The van der Waals surface area contributed by atoms with Crippen molar-refractivity contribution in [3.8, 4) is 0 Å². The fourth-order valence-corrected chi connectivity index (χ4v) is 2.86. The van der Waals surface area contributed by atoms with Crippen molar-refractivity contribution in [1.29, 1.82) is 0 Å². The van der Waals surface area contributed by atoms with Crippen molar-refractivity contribution in [3.05, 3.63) is 12.2 Å². The summed E-state index contributed by atoms with van der Waals surface area (Å²) in [5.41, 5.74) is 0.